The molecule has 1 nitrogen and oxygen atoms in total. The third kappa shape index (κ3) is 1.23. The van der Waals surface area contributed by atoms with Crippen LogP contribution >= 0.6 is 0 Å². The number of hydrogen-bond acceptors (Lipinski definition) is 1. The van der Waals surface area contributed by atoms with Gasteiger partial charge < -0.3 is 0 Å². The van der Waals surface area contributed by atoms with Crippen LogP contribution in [0.1, 0.15) is 43.2 Å². The second-order valence-electron chi connectivity index (χ2n) is 5.01. The minimum atomic E-state index is 0.374. The highest BCUT2D eigenvalue weighted by Gasteiger charge is 2.42. The normalized spacial score (nSPS) is 23.6. The standard InChI is InChI=1S/C15H15N/c16-10-7-12-11-15(8-3-4-9-15)14-6-2-1-5-13(12)14/h1-2,5-7H,3-4,8-9,11H2/b12-7+. The SMILES string of the molecule is N#C/C=C1\CC2(CCCC2)c2ccccc21. The number of fused-ring (bicyclic) bond motifs is 2. The van der Waals surface area contributed by atoms with Gasteiger partial charge in [-0.15, -0.1) is 0 Å². The van der Waals surface area contributed by atoms with Gasteiger partial charge in [0.1, 0.15) is 0 Å². The maximum atomic E-state index is 8.86. The lowest BCUT2D eigenvalue weighted by atomic mass is 9.80. The van der Waals surface area contributed by atoms with Crippen LogP contribution in [-0.4, -0.2) is 0 Å². The van der Waals surface area contributed by atoms with Gasteiger partial charge in [0.25, 0.3) is 0 Å². The number of nitrogens with zero attached hydrogens (tertiary/aromatic N) is 1. The molecule has 0 atom stereocenters. The van der Waals surface area contributed by atoms with Gasteiger partial charge >= 0.3 is 0 Å². The lowest BCUT2D eigenvalue weighted by Crippen LogP contribution is -2.17. The molecule has 0 saturated heterocycles. The van der Waals surface area contributed by atoms with Gasteiger partial charge in [-0.3, -0.25) is 0 Å². The van der Waals surface area contributed by atoms with Gasteiger partial charge in [0.05, 0.1) is 6.07 Å². The molecule has 3 rings (SSSR count). The van der Waals surface area contributed by atoms with E-state index in [1.54, 1.807) is 6.08 Å². The monoisotopic (exact) mass is 209 g/mol. The molecule has 80 valence electrons. The Labute approximate surface area is 96.4 Å². The molecule has 1 fully saturated rings. The van der Waals surface area contributed by atoms with Crippen molar-refractivity contribution < 1.29 is 0 Å². The molecule has 1 aromatic rings. The zero-order valence-electron chi connectivity index (χ0n) is 9.37. The van der Waals surface area contributed by atoms with Crippen molar-refractivity contribution in [3.8, 4) is 6.07 Å². The van der Waals surface area contributed by atoms with Crippen LogP contribution in [0.3, 0.4) is 0 Å². The van der Waals surface area contributed by atoms with Crippen molar-refractivity contribution in [3.05, 3.63) is 41.5 Å². The molecule has 1 heteroatoms. The zero-order valence-corrected chi connectivity index (χ0v) is 9.37. The first-order chi connectivity index (χ1) is 7.86. The summed E-state index contributed by atoms with van der Waals surface area (Å²) in [5.41, 5.74) is 4.44. The highest BCUT2D eigenvalue weighted by Crippen LogP contribution is 2.54. The molecule has 16 heavy (non-hydrogen) atoms. The number of hydrogen-bond donors (Lipinski definition) is 0. The third-order valence-corrected chi connectivity index (χ3v) is 4.17. The summed E-state index contributed by atoms with van der Waals surface area (Å²) in [5, 5.41) is 8.86. The van der Waals surface area contributed by atoms with E-state index in [9.17, 15) is 0 Å². The fraction of sp³-hybridized carbons (Fsp3) is 0.400. The van der Waals surface area contributed by atoms with Crippen molar-refractivity contribution in [3.63, 3.8) is 0 Å². The molecule has 2 aliphatic rings. The second-order valence-corrected chi connectivity index (χ2v) is 5.01. The second kappa shape index (κ2) is 3.49. The smallest absolute Gasteiger partial charge is 0.0915 e. The van der Waals surface area contributed by atoms with E-state index in [4.69, 9.17) is 5.26 Å². The Morgan fingerprint density at radius 1 is 1.19 bits per heavy atom. The predicted molar refractivity (Wildman–Crippen MR) is 64.8 cm³/mol. The molecule has 0 aliphatic heterocycles. The Kier molecular flexibility index (Phi) is 2.11. The lowest BCUT2D eigenvalue weighted by Gasteiger charge is -2.23. The molecule has 2 aliphatic carbocycles. The summed E-state index contributed by atoms with van der Waals surface area (Å²) in [5.74, 6) is 0. The Bertz CT molecular complexity index is 484. The number of benzene rings is 1. The topological polar surface area (TPSA) is 23.8 Å². The van der Waals surface area contributed by atoms with E-state index in [1.807, 2.05) is 0 Å². The van der Waals surface area contributed by atoms with Crippen molar-refractivity contribution in [2.24, 2.45) is 0 Å². The summed E-state index contributed by atoms with van der Waals surface area (Å²) in [6.07, 6.45) is 8.10. The fourth-order valence-electron chi connectivity index (χ4n) is 3.49. The van der Waals surface area contributed by atoms with Gasteiger partial charge in [0, 0.05) is 6.08 Å². The molecular formula is C15H15N. The van der Waals surface area contributed by atoms with E-state index >= 15 is 0 Å². The molecule has 0 radical (unpaired) electrons. The van der Waals surface area contributed by atoms with E-state index in [0.717, 1.165) is 6.42 Å². The average Bonchev–Trinajstić information content (AvgIpc) is 2.89. The zero-order chi connectivity index (χ0) is 11.0. The largest absolute Gasteiger partial charge is 0.193 e. The van der Waals surface area contributed by atoms with Crippen LogP contribution in [-0.2, 0) is 5.41 Å². The number of allylic oxidation sites excluding steroid dienone is 2. The van der Waals surface area contributed by atoms with Gasteiger partial charge in [0.15, 0.2) is 0 Å². The molecule has 1 saturated carbocycles. The first kappa shape index (κ1) is 9.66. The van der Waals surface area contributed by atoms with Crippen LogP contribution in [0.15, 0.2) is 30.3 Å². The fourth-order valence-corrected chi connectivity index (χ4v) is 3.49. The van der Waals surface area contributed by atoms with E-state index in [-0.39, 0.29) is 0 Å². The maximum Gasteiger partial charge on any atom is 0.0915 e. The highest BCUT2D eigenvalue weighted by atomic mass is 14.5. The van der Waals surface area contributed by atoms with Gasteiger partial charge in [-0.25, -0.2) is 0 Å². The summed E-state index contributed by atoms with van der Waals surface area (Å²) in [4.78, 5) is 0. The van der Waals surface area contributed by atoms with Crippen LogP contribution in [0.2, 0.25) is 0 Å². The predicted octanol–water partition coefficient (Wildman–Crippen LogP) is 3.81. The lowest BCUT2D eigenvalue weighted by molar-refractivity contribution is 0.469. The number of nitriles is 1. The van der Waals surface area contributed by atoms with Crippen molar-refractivity contribution in [1.82, 2.24) is 0 Å². The van der Waals surface area contributed by atoms with Crippen molar-refractivity contribution >= 4 is 5.57 Å². The molecule has 0 unspecified atom stereocenters. The number of rotatable bonds is 0. The van der Waals surface area contributed by atoms with E-state index in [0.29, 0.717) is 5.41 Å². The summed E-state index contributed by atoms with van der Waals surface area (Å²) in [7, 11) is 0. The Morgan fingerprint density at radius 2 is 1.94 bits per heavy atom. The van der Waals surface area contributed by atoms with E-state index in [1.165, 1.54) is 42.4 Å². The van der Waals surface area contributed by atoms with Crippen LogP contribution in [0.4, 0.5) is 0 Å². The minimum Gasteiger partial charge on any atom is -0.193 e. The van der Waals surface area contributed by atoms with Gasteiger partial charge in [-0.2, -0.15) is 5.26 Å². The average molecular weight is 209 g/mol. The van der Waals surface area contributed by atoms with Gasteiger partial charge in [0.2, 0.25) is 0 Å². The minimum absolute atomic E-state index is 0.374. The van der Waals surface area contributed by atoms with E-state index in [2.05, 4.69) is 30.3 Å². The third-order valence-electron chi connectivity index (χ3n) is 4.17. The Hall–Kier alpha value is -1.55. The highest BCUT2D eigenvalue weighted by molar-refractivity contribution is 5.77. The molecule has 0 heterocycles. The molecule has 0 aromatic heterocycles. The van der Waals surface area contributed by atoms with Crippen LogP contribution in [0, 0.1) is 11.3 Å². The molecule has 1 aromatic carbocycles. The van der Waals surface area contributed by atoms with Crippen LogP contribution in [0.25, 0.3) is 5.57 Å². The van der Waals surface area contributed by atoms with E-state index < -0.39 is 0 Å². The summed E-state index contributed by atoms with van der Waals surface area (Å²) in [6.45, 7) is 0. The summed E-state index contributed by atoms with van der Waals surface area (Å²) < 4.78 is 0. The molecule has 0 N–H and O–H groups in total. The van der Waals surface area contributed by atoms with Gasteiger partial charge in [-0.05, 0) is 41.4 Å². The Morgan fingerprint density at radius 3 is 2.69 bits per heavy atom. The first-order valence-electron chi connectivity index (χ1n) is 6.04. The molecule has 0 bridgehead atoms. The quantitative estimate of drug-likeness (QED) is 0.596. The van der Waals surface area contributed by atoms with Crippen LogP contribution in [0.5, 0.6) is 0 Å². The molecule has 0 amide bonds. The van der Waals surface area contributed by atoms with Crippen molar-refractivity contribution in [1.29, 1.82) is 5.26 Å². The van der Waals surface area contributed by atoms with Crippen molar-refractivity contribution in [2.45, 2.75) is 37.5 Å². The molecule has 1 spiro atoms. The Balaban J connectivity index is 2.16. The van der Waals surface area contributed by atoms with Gasteiger partial charge in [-0.1, -0.05) is 37.1 Å². The summed E-state index contributed by atoms with van der Waals surface area (Å²) in [6, 6.07) is 10.8. The summed E-state index contributed by atoms with van der Waals surface area (Å²) >= 11 is 0. The van der Waals surface area contributed by atoms with Crippen LogP contribution < -0.4 is 0 Å². The maximum absolute atomic E-state index is 8.86. The van der Waals surface area contributed by atoms with Crippen molar-refractivity contribution in [2.75, 3.05) is 0 Å². The first-order valence-corrected chi connectivity index (χ1v) is 6.04. The molecular weight excluding hydrogens is 194 g/mol.